The van der Waals surface area contributed by atoms with Crippen molar-refractivity contribution in [3.05, 3.63) is 11.7 Å². The summed E-state index contributed by atoms with van der Waals surface area (Å²) in [6, 6.07) is 0. The Morgan fingerprint density at radius 1 is 1.14 bits per heavy atom. The van der Waals surface area contributed by atoms with Crippen LogP contribution in [0.15, 0.2) is 4.52 Å². The lowest BCUT2D eigenvalue weighted by Gasteiger charge is -2.16. The first-order valence-corrected chi connectivity index (χ1v) is 6.75. The van der Waals surface area contributed by atoms with E-state index >= 15 is 0 Å². The molecule has 10 nitrogen and oxygen atoms in total. The molecule has 0 aliphatic carbocycles. The third-order valence-electron chi connectivity index (χ3n) is 3.11. The molecule has 1 saturated heterocycles. The van der Waals surface area contributed by atoms with Crippen molar-refractivity contribution >= 4 is 17.8 Å². The zero-order chi connectivity index (χ0) is 14.7. The SMILES string of the molecule is Cc1noc(CNc2nc(NN)nc(N3CCCC3)n2)n1. The van der Waals surface area contributed by atoms with Crippen molar-refractivity contribution in [2.75, 3.05) is 28.7 Å². The van der Waals surface area contributed by atoms with Crippen LogP contribution in [0.3, 0.4) is 0 Å². The lowest BCUT2D eigenvalue weighted by Crippen LogP contribution is -2.23. The molecule has 2 aromatic heterocycles. The van der Waals surface area contributed by atoms with Crippen LogP contribution < -0.4 is 21.5 Å². The summed E-state index contributed by atoms with van der Waals surface area (Å²) in [5.41, 5.74) is 2.45. The highest BCUT2D eigenvalue weighted by atomic mass is 16.5. The van der Waals surface area contributed by atoms with Crippen molar-refractivity contribution in [1.29, 1.82) is 0 Å². The Balaban J connectivity index is 1.75. The van der Waals surface area contributed by atoms with E-state index in [4.69, 9.17) is 10.4 Å². The lowest BCUT2D eigenvalue weighted by atomic mass is 10.4. The van der Waals surface area contributed by atoms with Gasteiger partial charge in [0, 0.05) is 13.1 Å². The minimum absolute atomic E-state index is 0.316. The van der Waals surface area contributed by atoms with E-state index in [1.807, 2.05) is 0 Å². The molecule has 0 radical (unpaired) electrons. The van der Waals surface area contributed by atoms with Gasteiger partial charge in [-0.2, -0.15) is 19.9 Å². The van der Waals surface area contributed by atoms with E-state index < -0.39 is 0 Å². The number of nitrogens with one attached hydrogen (secondary N) is 2. The summed E-state index contributed by atoms with van der Waals surface area (Å²) in [7, 11) is 0. The second-order valence-electron chi connectivity index (χ2n) is 4.71. The number of anilines is 3. The highest BCUT2D eigenvalue weighted by molar-refractivity contribution is 5.43. The fraction of sp³-hybridized carbons (Fsp3) is 0.545. The maximum Gasteiger partial charge on any atom is 0.246 e. The van der Waals surface area contributed by atoms with E-state index in [-0.39, 0.29) is 0 Å². The molecule has 0 aromatic carbocycles. The van der Waals surface area contributed by atoms with Gasteiger partial charge in [0.25, 0.3) is 0 Å². The predicted octanol–water partition coefficient (Wildman–Crippen LogP) is 0.0609. The number of nitrogens with two attached hydrogens (primary N) is 1. The van der Waals surface area contributed by atoms with E-state index in [2.05, 4.69) is 40.7 Å². The van der Waals surface area contributed by atoms with Crippen LogP contribution in [-0.4, -0.2) is 38.2 Å². The van der Waals surface area contributed by atoms with Gasteiger partial charge < -0.3 is 14.7 Å². The highest BCUT2D eigenvalue weighted by Gasteiger charge is 2.17. The summed E-state index contributed by atoms with van der Waals surface area (Å²) >= 11 is 0. The second-order valence-corrected chi connectivity index (χ2v) is 4.71. The van der Waals surface area contributed by atoms with Crippen LogP contribution in [0, 0.1) is 6.92 Å². The van der Waals surface area contributed by atoms with Gasteiger partial charge >= 0.3 is 0 Å². The topological polar surface area (TPSA) is 131 Å². The van der Waals surface area contributed by atoms with Gasteiger partial charge in [-0.1, -0.05) is 5.16 Å². The van der Waals surface area contributed by atoms with Gasteiger partial charge in [-0.05, 0) is 19.8 Å². The molecular formula is C11H17N9O. The van der Waals surface area contributed by atoms with Gasteiger partial charge in [0.1, 0.15) is 0 Å². The first kappa shape index (κ1) is 13.5. The Labute approximate surface area is 121 Å². The molecule has 0 atom stereocenters. The number of rotatable bonds is 5. The average Bonchev–Trinajstić information content (AvgIpc) is 3.16. The average molecular weight is 291 g/mol. The van der Waals surface area contributed by atoms with Gasteiger partial charge in [-0.25, -0.2) is 5.84 Å². The first-order valence-electron chi connectivity index (χ1n) is 6.75. The number of aromatic nitrogens is 5. The Morgan fingerprint density at radius 3 is 2.57 bits per heavy atom. The zero-order valence-electron chi connectivity index (χ0n) is 11.7. The van der Waals surface area contributed by atoms with Gasteiger partial charge in [-0.3, -0.25) is 5.43 Å². The summed E-state index contributed by atoms with van der Waals surface area (Å²) in [5, 5.41) is 6.76. The zero-order valence-corrected chi connectivity index (χ0v) is 11.7. The molecule has 0 amide bonds. The Kier molecular flexibility index (Phi) is 3.77. The molecule has 4 N–H and O–H groups in total. The molecule has 10 heteroatoms. The van der Waals surface area contributed by atoms with Gasteiger partial charge in [-0.15, -0.1) is 0 Å². The molecular weight excluding hydrogens is 274 g/mol. The molecule has 2 aromatic rings. The fourth-order valence-electron chi connectivity index (χ4n) is 2.13. The van der Waals surface area contributed by atoms with Gasteiger partial charge in [0.05, 0.1) is 6.54 Å². The summed E-state index contributed by atoms with van der Waals surface area (Å²) in [4.78, 5) is 19.0. The quantitative estimate of drug-likeness (QED) is 0.513. The third kappa shape index (κ3) is 3.16. The molecule has 0 saturated carbocycles. The Hall–Kier alpha value is -2.49. The summed E-state index contributed by atoms with van der Waals surface area (Å²) in [5.74, 6) is 7.80. The van der Waals surface area contributed by atoms with Gasteiger partial charge in [0.15, 0.2) is 5.82 Å². The van der Waals surface area contributed by atoms with E-state index in [1.165, 1.54) is 0 Å². The normalized spacial score (nSPS) is 14.5. The van der Waals surface area contributed by atoms with Crippen molar-refractivity contribution in [2.24, 2.45) is 5.84 Å². The summed E-state index contributed by atoms with van der Waals surface area (Å²) in [6.45, 7) is 3.98. The van der Waals surface area contributed by atoms with Crippen LogP contribution in [0.1, 0.15) is 24.6 Å². The molecule has 1 aliphatic heterocycles. The number of hydrazine groups is 1. The van der Waals surface area contributed by atoms with E-state index in [1.54, 1.807) is 6.92 Å². The predicted molar refractivity (Wildman–Crippen MR) is 75.4 cm³/mol. The molecule has 1 aliphatic rings. The molecule has 0 bridgehead atoms. The van der Waals surface area contributed by atoms with E-state index in [0.29, 0.717) is 36.1 Å². The summed E-state index contributed by atoms with van der Waals surface area (Å²) < 4.78 is 5.03. The maximum absolute atomic E-state index is 5.41. The van der Waals surface area contributed by atoms with Crippen molar-refractivity contribution < 1.29 is 4.52 Å². The Morgan fingerprint density at radius 2 is 1.90 bits per heavy atom. The van der Waals surface area contributed by atoms with Crippen LogP contribution in [0.4, 0.5) is 17.8 Å². The molecule has 112 valence electrons. The molecule has 21 heavy (non-hydrogen) atoms. The van der Waals surface area contributed by atoms with E-state index in [9.17, 15) is 0 Å². The fourth-order valence-corrected chi connectivity index (χ4v) is 2.13. The smallest absolute Gasteiger partial charge is 0.246 e. The minimum Gasteiger partial charge on any atom is -0.345 e. The van der Waals surface area contributed by atoms with Crippen molar-refractivity contribution in [2.45, 2.75) is 26.3 Å². The number of hydrogen-bond donors (Lipinski definition) is 3. The van der Waals surface area contributed by atoms with Crippen LogP contribution in [0.5, 0.6) is 0 Å². The van der Waals surface area contributed by atoms with Crippen LogP contribution >= 0.6 is 0 Å². The molecule has 3 heterocycles. The lowest BCUT2D eigenvalue weighted by molar-refractivity contribution is 0.379. The molecule has 0 spiro atoms. The van der Waals surface area contributed by atoms with Crippen LogP contribution in [0.25, 0.3) is 0 Å². The highest BCUT2D eigenvalue weighted by Crippen LogP contribution is 2.18. The van der Waals surface area contributed by atoms with Crippen LogP contribution in [0.2, 0.25) is 0 Å². The molecule has 0 unspecified atom stereocenters. The maximum atomic E-state index is 5.41. The van der Waals surface area contributed by atoms with E-state index in [0.717, 1.165) is 25.9 Å². The number of nitrogens with zero attached hydrogens (tertiary/aromatic N) is 6. The van der Waals surface area contributed by atoms with Crippen molar-refractivity contribution in [3.63, 3.8) is 0 Å². The third-order valence-corrected chi connectivity index (χ3v) is 3.11. The second kappa shape index (κ2) is 5.87. The summed E-state index contributed by atoms with van der Waals surface area (Å²) in [6.07, 6.45) is 2.28. The number of aryl methyl sites for hydroxylation is 1. The number of nitrogen functional groups attached to an aromatic ring is 1. The number of hydrogen-bond acceptors (Lipinski definition) is 10. The van der Waals surface area contributed by atoms with Gasteiger partial charge in [0.2, 0.25) is 23.7 Å². The molecule has 3 rings (SSSR count). The van der Waals surface area contributed by atoms with Crippen LogP contribution in [-0.2, 0) is 6.54 Å². The largest absolute Gasteiger partial charge is 0.345 e. The standard InChI is InChI=1S/C11H17N9O/c1-7-14-8(21-19-7)6-13-9-15-10(18-12)17-11(16-9)20-4-2-3-5-20/h2-6,12H2,1H3,(H2,13,15,16,17,18). The first-order chi connectivity index (χ1) is 10.2. The minimum atomic E-state index is 0.316. The Bertz CT molecular complexity index is 607. The van der Waals surface area contributed by atoms with Crippen molar-refractivity contribution in [1.82, 2.24) is 25.1 Å². The monoisotopic (exact) mass is 291 g/mol. The van der Waals surface area contributed by atoms with Crippen molar-refractivity contribution in [3.8, 4) is 0 Å². The molecule has 1 fully saturated rings.